The average Bonchev–Trinajstić information content (AvgIpc) is 3.37. The van der Waals surface area contributed by atoms with Crippen LogP contribution in [0.3, 0.4) is 0 Å². The molecule has 4 rings (SSSR count). The SMILES string of the molecule is Cc1ccc(Br)cc1C=NC1(c2ccc(F)c3ncccc23)CC1. The fourth-order valence-corrected chi connectivity index (χ4v) is 3.45. The molecule has 0 bridgehead atoms. The first-order chi connectivity index (χ1) is 11.6. The number of fused-ring (bicyclic) bond motifs is 1. The number of benzene rings is 2. The van der Waals surface area contributed by atoms with Gasteiger partial charge in [-0.1, -0.05) is 34.1 Å². The lowest BCUT2D eigenvalue weighted by Gasteiger charge is -2.14. The summed E-state index contributed by atoms with van der Waals surface area (Å²) in [6, 6.07) is 13.3. The largest absolute Gasteiger partial charge is 0.281 e. The van der Waals surface area contributed by atoms with E-state index in [1.54, 1.807) is 6.20 Å². The van der Waals surface area contributed by atoms with Crippen LogP contribution >= 0.6 is 15.9 Å². The van der Waals surface area contributed by atoms with Crippen LogP contribution in [0.25, 0.3) is 10.9 Å². The number of hydrogen-bond acceptors (Lipinski definition) is 2. The van der Waals surface area contributed by atoms with Gasteiger partial charge in [0.25, 0.3) is 0 Å². The Morgan fingerprint density at radius 3 is 2.83 bits per heavy atom. The molecule has 0 N–H and O–H groups in total. The highest BCUT2D eigenvalue weighted by Crippen LogP contribution is 2.51. The maximum absolute atomic E-state index is 14.0. The van der Waals surface area contributed by atoms with Crippen molar-refractivity contribution in [2.45, 2.75) is 25.3 Å². The lowest BCUT2D eigenvalue weighted by Crippen LogP contribution is -2.06. The van der Waals surface area contributed by atoms with Crippen molar-refractivity contribution in [2.24, 2.45) is 4.99 Å². The molecule has 2 nitrogen and oxygen atoms in total. The van der Waals surface area contributed by atoms with Crippen LogP contribution in [0.1, 0.15) is 29.5 Å². The van der Waals surface area contributed by atoms with Crippen molar-refractivity contribution in [1.29, 1.82) is 0 Å². The zero-order valence-electron chi connectivity index (χ0n) is 13.3. The highest BCUT2D eigenvalue weighted by molar-refractivity contribution is 9.10. The van der Waals surface area contributed by atoms with E-state index in [9.17, 15) is 4.39 Å². The van der Waals surface area contributed by atoms with E-state index in [4.69, 9.17) is 4.99 Å². The summed E-state index contributed by atoms with van der Waals surface area (Å²) in [4.78, 5) is 9.09. The van der Waals surface area contributed by atoms with Crippen LogP contribution in [0.15, 0.2) is 58.1 Å². The van der Waals surface area contributed by atoms with Crippen LogP contribution < -0.4 is 0 Å². The van der Waals surface area contributed by atoms with E-state index in [0.717, 1.165) is 33.8 Å². The van der Waals surface area contributed by atoms with Gasteiger partial charge in [0.2, 0.25) is 0 Å². The molecule has 1 aromatic heterocycles. The smallest absolute Gasteiger partial charge is 0.149 e. The zero-order chi connectivity index (χ0) is 16.7. The van der Waals surface area contributed by atoms with Crippen molar-refractivity contribution in [3.05, 3.63) is 75.6 Å². The molecule has 1 aliphatic carbocycles. The number of halogens is 2. The molecule has 0 spiro atoms. The van der Waals surface area contributed by atoms with E-state index in [0.29, 0.717) is 5.52 Å². The van der Waals surface area contributed by atoms with Crippen molar-refractivity contribution in [3.63, 3.8) is 0 Å². The molecule has 0 aliphatic heterocycles. The number of nitrogens with zero attached hydrogens (tertiary/aromatic N) is 2. The summed E-state index contributed by atoms with van der Waals surface area (Å²) in [6.45, 7) is 2.07. The van der Waals surface area contributed by atoms with E-state index < -0.39 is 0 Å². The van der Waals surface area contributed by atoms with E-state index in [1.165, 1.54) is 11.6 Å². The summed E-state index contributed by atoms with van der Waals surface area (Å²) < 4.78 is 15.1. The summed E-state index contributed by atoms with van der Waals surface area (Å²) in [5.74, 6) is -0.281. The fraction of sp³-hybridized carbons (Fsp3) is 0.200. The van der Waals surface area contributed by atoms with Gasteiger partial charge < -0.3 is 0 Å². The summed E-state index contributed by atoms with van der Waals surface area (Å²) in [5, 5.41) is 0.859. The van der Waals surface area contributed by atoms with Crippen LogP contribution in [0, 0.1) is 12.7 Å². The quantitative estimate of drug-likeness (QED) is 0.544. The van der Waals surface area contributed by atoms with Crippen LogP contribution in [0.4, 0.5) is 4.39 Å². The Kier molecular flexibility index (Phi) is 3.72. The minimum absolute atomic E-state index is 0.246. The third kappa shape index (κ3) is 2.65. The van der Waals surface area contributed by atoms with Gasteiger partial charge in [0.05, 0.1) is 5.54 Å². The number of hydrogen-bond donors (Lipinski definition) is 0. The summed E-state index contributed by atoms with van der Waals surface area (Å²) in [6.07, 6.45) is 5.53. The molecule has 120 valence electrons. The van der Waals surface area contributed by atoms with Gasteiger partial charge in [0.15, 0.2) is 0 Å². The predicted molar refractivity (Wildman–Crippen MR) is 99.1 cm³/mol. The third-order valence-electron chi connectivity index (χ3n) is 4.64. The Labute approximate surface area is 148 Å². The van der Waals surface area contributed by atoms with Gasteiger partial charge in [0.1, 0.15) is 11.3 Å². The number of pyridine rings is 1. The molecule has 3 aromatic rings. The Hall–Kier alpha value is -2.07. The molecule has 0 unspecified atom stereocenters. The Morgan fingerprint density at radius 1 is 1.21 bits per heavy atom. The van der Waals surface area contributed by atoms with Gasteiger partial charge in [-0.2, -0.15) is 0 Å². The third-order valence-corrected chi connectivity index (χ3v) is 5.13. The normalized spacial score (nSPS) is 16.0. The van der Waals surface area contributed by atoms with Crippen molar-refractivity contribution in [3.8, 4) is 0 Å². The minimum Gasteiger partial charge on any atom is -0.281 e. The second kappa shape index (κ2) is 5.78. The highest BCUT2D eigenvalue weighted by Gasteiger charge is 2.45. The van der Waals surface area contributed by atoms with Crippen LogP contribution in [-0.2, 0) is 5.54 Å². The van der Waals surface area contributed by atoms with E-state index in [1.807, 2.05) is 30.5 Å². The minimum atomic E-state index is -0.281. The summed E-state index contributed by atoms with van der Waals surface area (Å²) in [7, 11) is 0. The number of rotatable bonds is 3. The number of aliphatic imine (C=N–C) groups is 1. The maximum Gasteiger partial charge on any atom is 0.149 e. The zero-order valence-corrected chi connectivity index (χ0v) is 14.8. The maximum atomic E-state index is 14.0. The van der Waals surface area contributed by atoms with Crippen molar-refractivity contribution in [2.75, 3.05) is 0 Å². The second-order valence-corrected chi connectivity index (χ2v) is 7.20. The fourth-order valence-electron chi connectivity index (χ4n) is 3.07. The lowest BCUT2D eigenvalue weighted by molar-refractivity contribution is 0.634. The number of aryl methyl sites for hydroxylation is 1. The Bertz CT molecular complexity index is 961. The van der Waals surface area contributed by atoms with Crippen molar-refractivity contribution < 1.29 is 4.39 Å². The molecule has 0 atom stereocenters. The molecular weight excluding hydrogens is 367 g/mol. The Balaban J connectivity index is 1.78. The van der Waals surface area contributed by atoms with Crippen molar-refractivity contribution in [1.82, 2.24) is 4.98 Å². The number of aromatic nitrogens is 1. The molecular formula is C20H16BrFN2. The molecule has 1 fully saturated rings. The van der Waals surface area contributed by atoms with Gasteiger partial charge in [-0.05, 0) is 60.7 Å². The molecule has 1 aliphatic rings. The topological polar surface area (TPSA) is 25.2 Å². The first-order valence-electron chi connectivity index (χ1n) is 7.94. The second-order valence-electron chi connectivity index (χ2n) is 6.29. The lowest BCUT2D eigenvalue weighted by atomic mass is 9.99. The van der Waals surface area contributed by atoms with Gasteiger partial charge in [0, 0.05) is 22.3 Å². The molecule has 4 heteroatoms. The molecule has 0 saturated heterocycles. The van der Waals surface area contributed by atoms with E-state index in [-0.39, 0.29) is 11.4 Å². The predicted octanol–water partition coefficient (Wildman–Crippen LogP) is 5.55. The molecule has 0 amide bonds. The summed E-state index contributed by atoms with van der Waals surface area (Å²) in [5.41, 5.74) is 3.53. The summed E-state index contributed by atoms with van der Waals surface area (Å²) >= 11 is 3.51. The van der Waals surface area contributed by atoms with E-state index >= 15 is 0 Å². The van der Waals surface area contributed by atoms with Crippen LogP contribution in [0.5, 0.6) is 0 Å². The molecule has 1 heterocycles. The Morgan fingerprint density at radius 2 is 2.04 bits per heavy atom. The average molecular weight is 383 g/mol. The van der Waals surface area contributed by atoms with Crippen molar-refractivity contribution >= 4 is 33.0 Å². The standard InChI is InChI=1S/C20H16BrFN2/c1-13-4-5-15(21)11-14(13)12-24-20(8-9-20)17-6-7-18(22)19-16(17)3-2-10-23-19/h2-7,10-12H,8-9H2,1H3. The molecule has 24 heavy (non-hydrogen) atoms. The highest BCUT2D eigenvalue weighted by atomic mass is 79.9. The van der Waals surface area contributed by atoms with Gasteiger partial charge in [-0.15, -0.1) is 0 Å². The molecule has 0 radical (unpaired) electrons. The van der Waals surface area contributed by atoms with Gasteiger partial charge in [-0.3, -0.25) is 9.98 Å². The first-order valence-corrected chi connectivity index (χ1v) is 8.73. The first kappa shape index (κ1) is 15.5. The monoisotopic (exact) mass is 382 g/mol. The van der Waals surface area contributed by atoms with Gasteiger partial charge in [-0.25, -0.2) is 4.39 Å². The van der Waals surface area contributed by atoms with Crippen LogP contribution in [-0.4, -0.2) is 11.2 Å². The van der Waals surface area contributed by atoms with Crippen LogP contribution in [0.2, 0.25) is 0 Å². The molecule has 2 aromatic carbocycles. The van der Waals surface area contributed by atoms with E-state index in [2.05, 4.69) is 40.0 Å². The van der Waals surface area contributed by atoms with Gasteiger partial charge >= 0.3 is 0 Å². The molecule has 1 saturated carbocycles.